The van der Waals surface area contributed by atoms with E-state index in [1.165, 1.54) is 24.8 Å². The molecular weight excluding hydrogens is 495 g/mol. The number of hydrogen-bond donors (Lipinski definition) is 1. The molecule has 0 spiro atoms. The first-order chi connectivity index (χ1) is 19.7. The van der Waals surface area contributed by atoms with Crippen molar-refractivity contribution in [3.05, 3.63) is 120 Å². The first-order valence-corrected chi connectivity index (χ1v) is 14.3. The summed E-state index contributed by atoms with van der Waals surface area (Å²) < 4.78 is 20.7. The Hall–Kier alpha value is -4.22. The minimum Gasteiger partial charge on any atom is -0.333 e. The fraction of sp³-hybridized carbons (Fsp3) is 0.229. The van der Waals surface area contributed by atoms with E-state index in [2.05, 4.69) is 45.3 Å². The molecule has 2 aromatic heterocycles. The van der Waals surface area contributed by atoms with Crippen molar-refractivity contribution in [3.8, 4) is 16.9 Å². The van der Waals surface area contributed by atoms with Crippen LogP contribution in [0.15, 0.2) is 97.2 Å². The van der Waals surface area contributed by atoms with Crippen LogP contribution in [0.1, 0.15) is 36.0 Å². The van der Waals surface area contributed by atoms with Gasteiger partial charge in [0.05, 0.1) is 28.6 Å². The van der Waals surface area contributed by atoms with Crippen LogP contribution in [0.3, 0.4) is 0 Å². The van der Waals surface area contributed by atoms with Gasteiger partial charge in [0.25, 0.3) is 0 Å². The Bertz CT molecular complexity index is 1790. The van der Waals surface area contributed by atoms with Crippen LogP contribution in [0, 0.1) is 12.7 Å². The summed E-state index contributed by atoms with van der Waals surface area (Å²) in [5, 5.41) is 9.75. The zero-order valence-electron chi connectivity index (χ0n) is 22.8. The van der Waals surface area contributed by atoms with Gasteiger partial charge in [-0.05, 0) is 73.7 Å². The molecule has 40 heavy (non-hydrogen) atoms. The molecule has 0 saturated heterocycles. The molecule has 0 amide bonds. The van der Waals surface area contributed by atoms with E-state index in [-0.39, 0.29) is 5.82 Å². The second-order valence-electron chi connectivity index (χ2n) is 11.0. The van der Waals surface area contributed by atoms with Gasteiger partial charge in [0.15, 0.2) is 5.82 Å². The Morgan fingerprint density at radius 2 is 1.57 bits per heavy atom. The monoisotopic (exact) mass is 528 g/mol. The van der Waals surface area contributed by atoms with Crippen molar-refractivity contribution in [2.45, 2.75) is 45.2 Å². The maximum Gasteiger partial charge on any atom is 0.157 e. The van der Waals surface area contributed by atoms with Gasteiger partial charge in [0.2, 0.25) is 0 Å². The predicted molar refractivity (Wildman–Crippen MR) is 162 cm³/mol. The standard InChI is InChI=1S/C35H33FN4/c1-24-8-5-6-13-29(24)35-34(36)33-30-22-38-40(28-11-3-2-4-12-28)31(30)18-19-32(33)39(35)23-26-16-14-25(15-17-26)20-21-37-27-9-7-10-27/h2-6,8,11-19,22,27,37H,7,9-10,20-21,23H2,1H3. The lowest BCUT2D eigenvalue weighted by Gasteiger charge is -2.26. The van der Waals surface area contributed by atoms with Crippen molar-refractivity contribution >= 4 is 21.8 Å². The first-order valence-electron chi connectivity index (χ1n) is 14.3. The molecule has 1 saturated carbocycles. The predicted octanol–water partition coefficient (Wildman–Crippen LogP) is 7.83. The quantitative estimate of drug-likeness (QED) is 0.218. The zero-order valence-corrected chi connectivity index (χ0v) is 22.8. The lowest BCUT2D eigenvalue weighted by molar-refractivity contribution is 0.342. The number of nitrogens with zero attached hydrogens (tertiary/aromatic N) is 3. The molecule has 4 aromatic carbocycles. The summed E-state index contributed by atoms with van der Waals surface area (Å²) in [5.41, 5.74) is 7.81. The van der Waals surface area contributed by atoms with E-state index < -0.39 is 0 Å². The van der Waals surface area contributed by atoms with Crippen LogP contribution in [-0.2, 0) is 13.0 Å². The Morgan fingerprint density at radius 1 is 0.850 bits per heavy atom. The fourth-order valence-corrected chi connectivity index (χ4v) is 5.97. The number of halogens is 1. The van der Waals surface area contributed by atoms with Crippen molar-refractivity contribution in [1.82, 2.24) is 19.7 Å². The van der Waals surface area contributed by atoms with Crippen LogP contribution in [0.25, 0.3) is 38.8 Å². The Balaban J connectivity index is 1.30. The van der Waals surface area contributed by atoms with E-state index in [1.807, 2.05) is 72.3 Å². The van der Waals surface area contributed by atoms with Gasteiger partial charge in [-0.2, -0.15) is 5.10 Å². The van der Waals surface area contributed by atoms with Crippen LogP contribution >= 0.6 is 0 Å². The van der Waals surface area contributed by atoms with Crippen molar-refractivity contribution in [2.75, 3.05) is 6.54 Å². The minimum atomic E-state index is -0.193. The average Bonchev–Trinajstić information content (AvgIpc) is 3.51. The van der Waals surface area contributed by atoms with Gasteiger partial charge < -0.3 is 9.88 Å². The lowest BCUT2D eigenvalue weighted by Crippen LogP contribution is -2.36. The summed E-state index contributed by atoms with van der Waals surface area (Å²) in [6.07, 6.45) is 6.79. The van der Waals surface area contributed by atoms with Crippen LogP contribution in [-0.4, -0.2) is 26.9 Å². The summed E-state index contributed by atoms with van der Waals surface area (Å²) in [7, 11) is 0. The van der Waals surface area contributed by atoms with Gasteiger partial charge in [-0.25, -0.2) is 9.07 Å². The number of para-hydroxylation sites is 1. The largest absolute Gasteiger partial charge is 0.333 e. The average molecular weight is 529 g/mol. The number of fused-ring (bicyclic) bond motifs is 3. The molecule has 0 unspecified atom stereocenters. The molecule has 1 aliphatic rings. The molecule has 0 atom stereocenters. The summed E-state index contributed by atoms with van der Waals surface area (Å²) in [4.78, 5) is 0. The summed E-state index contributed by atoms with van der Waals surface area (Å²) in [6, 6.07) is 31.7. The van der Waals surface area contributed by atoms with Crippen LogP contribution in [0.5, 0.6) is 0 Å². The molecule has 1 aliphatic carbocycles. The van der Waals surface area contributed by atoms with E-state index in [4.69, 9.17) is 0 Å². The second-order valence-corrected chi connectivity index (χ2v) is 11.0. The van der Waals surface area contributed by atoms with Gasteiger partial charge in [0.1, 0.15) is 0 Å². The molecule has 2 heterocycles. The SMILES string of the molecule is Cc1ccccc1-c1c(F)c2c3cnn(-c4ccccc4)c3ccc2n1Cc1ccc(CCNC2CCC2)cc1. The summed E-state index contributed by atoms with van der Waals surface area (Å²) >= 11 is 0. The van der Waals surface area contributed by atoms with Gasteiger partial charge in [-0.15, -0.1) is 0 Å². The van der Waals surface area contributed by atoms with E-state index in [9.17, 15) is 0 Å². The zero-order chi connectivity index (χ0) is 27.1. The molecule has 4 nitrogen and oxygen atoms in total. The number of nitrogens with one attached hydrogen (secondary N) is 1. The third-order valence-electron chi connectivity index (χ3n) is 8.44. The van der Waals surface area contributed by atoms with E-state index >= 15 is 4.39 Å². The number of aryl methyl sites for hydroxylation is 1. The molecule has 0 radical (unpaired) electrons. The van der Waals surface area contributed by atoms with Gasteiger partial charge in [-0.1, -0.05) is 73.2 Å². The fourth-order valence-electron chi connectivity index (χ4n) is 5.97. The molecule has 0 bridgehead atoms. The van der Waals surface area contributed by atoms with Gasteiger partial charge in [0, 0.05) is 28.9 Å². The summed E-state index contributed by atoms with van der Waals surface area (Å²) in [6.45, 7) is 3.65. The normalized spacial score (nSPS) is 13.8. The first kappa shape index (κ1) is 24.8. The Morgan fingerprint density at radius 3 is 2.33 bits per heavy atom. The molecule has 7 rings (SSSR count). The summed E-state index contributed by atoms with van der Waals surface area (Å²) in [5.74, 6) is -0.193. The third-order valence-corrected chi connectivity index (χ3v) is 8.44. The van der Waals surface area contributed by atoms with Crippen molar-refractivity contribution in [1.29, 1.82) is 0 Å². The number of benzene rings is 4. The highest BCUT2D eigenvalue weighted by Crippen LogP contribution is 2.38. The van der Waals surface area contributed by atoms with Gasteiger partial charge in [-0.3, -0.25) is 0 Å². The second kappa shape index (κ2) is 10.4. The van der Waals surface area contributed by atoms with Crippen LogP contribution < -0.4 is 5.32 Å². The van der Waals surface area contributed by atoms with Crippen LogP contribution in [0.4, 0.5) is 4.39 Å². The third kappa shape index (κ3) is 4.40. The van der Waals surface area contributed by atoms with Crippen LogP contribution in [0.2, 0.25) is 0 Å². The molecule has 1 N–H and O–H groups in total. The molecule has 5 heteroatoms. The maximum atomic E-state index is 16.6. The van der Waals surface area contributed by atoms with E-state index in [0.717, 1.165) is 51.8 Å². The molecule has 6 aromatic rings. The smallest absolute Gasteiger partial charge is 0.157 e. The van der Waals surface area contributed by atoms with E-state index in [1.54, 1.807) is 6.20 Å². The number of rotatable bonds is 8. The van der Waals surface area contributed by atoms with Crippen molar-refractivity contribution in [2.24, 2.45) is 0 Å². The van der Waals surface area contributed by atoms with Crippen molar-refractivity contribution in [3.63, 3.8) is 0 Å². The van der Waals surface area contributed by atoms with Crippen molar-refractivity contribution < 1.29 is 4.39 Å². The lowest BCUT2D eigenvalue weighted by atomic mass is 9.93. The van der Waals surface area contributed by atoms with E-state index in [0.29, 0.717) is 23.7 Å². The Labute approximate surface area is 234 Å². The number of aromatic nitrogens is 3. The molecular formula is C35H33FN4. The highest BCUT2D eigenvalue weighted by Gasteiger charge is 2.23. The number of hydrogen-bond acceptors (Lipinski definition) is 2. The maximum absolute atomic E-state index is 16.6. The Kier molecular flexibility index (Phi) is 6.45. The highest BCUT2D eigenvalue weighted by molar-refractivity contribution is 6.08. The topological polar surface area (TPSA) is 34.8 Å². The molecule has 1 fully saturated rings. The highest BCUT2D eigenvalue weighted by atomic mass is 19.1. The molecule has 0 aliphatic heterocycles. The van der Waals surface area contributed by atoms with Gasteiger partial charge >= 0.3 is 0 Å². The molecule has 200 valence electrons. The minimum absolute atomic E-state index is 0.193.